The molecule has 0 atom stereocenters. The summed E-state index contributed by atoms with van der Waals surface area (Å²) in [6.45, 7) is 0. The van der Waals surface area contributed by atoms with Crippen LogP contribution in [0.1, 0.15) is 0 Å². The summed E-state index contributed by atoms with van der Waals surface area (Å²) in [6, 6.07) is 4.75. The second-order valence-corrected chi connectivity index (χ2v) is 2.77. The van der Waals surface area contributed by atoms with Crippen LogP contribution < -0.4 is 4.94 Å². The lowest BCUT2D eigenvalue weighted by Crippen LogP contribution is -2.16. The molecule has 0 aliphatic heterocycles. The van der Waals surface area contributed by atoms with Gasteiger partial charge >= 0.3 is 0 Å². The summed E-state index contributed by atoms with van der Waals surface area (Å²) in [7, 11) is 0. The van der Waals surface area contributed by atoms with E-state index in [2.05, 4.69) is 0 Å². The van der Waals surface area contributed by atoms with Crippen LogP contribution in [0.25, 0.3) is 0 Å². The molecular weight excluding hydrogens is 204 g/mol. The van der Waals surface area contributed by atoms with Crippen molar-refractivity contribution < 1.29 is 25.4 Å². The minimum Gasteiger partial charge on any atom is -0.492 e. The Morgan fingerprint density at radius 2 is 0.933 bits per heavy atom. The van der Waals surface area contributed by atoms with Gasteiger partial charge in [-0.3, -0.25) is 4.94 Å². The molecule has 0 radical (unpaired) electrons. The van der Waals surface area contributed by atoms with Crippen LogP contribution in [0.15, 0.2) is 24.3 Å². The Bertz CT molecular complexity index is 404. The number of nitrogens with zero attached hydrogens (tertiary/aromatic N) is 2. The molecule has 7 heteroatoms. The molecular formula is C8H8N2O5. The summed E-state index contributed by atoms with van der Waals surface area (Å²) in [5, 5.41) is 36.9. The van der Waals surface area contributed by atoms with Gasteiger partial charge in [0.2, 0.25) is 23.5 Å². The maximum Gasteiger partial charge on any atom is 0.232 e. The second-order valence-electron chi connectivity index (χ2n) is 2.77. The van der Waals surface area contributed by atoms with Gasteiger partial charge in [0.25, 0.3) is 0 Å². The lowest BCUT2D eigenvalue weighted by Gasteiger charge is -2.09. The van der Waals surface area contributed by atoms with E-state index >= 15 is 0 Å². The molecule has 0 aliphatic rings. The van der Waals surface area contributed by atoms with Gasteiger partial charge in [-0.15, -0.1) is 0 Å². The molecule has 0 spiro atoms. The van der Waals surface area contributed by atoms with Crippen molar-refractivity contribution in [2.75, 3.05) is 0 Å². The highest BCUT2D eigenvalue weighted by atomic mass is 16.8. The van der Waals surface area contributed by atoms with E-state index in [9.17, 15) is 20.4 Å². The van der Waals surface area contributed by atoms with Crippen molar-refractivity contribution in [2.45, 2.75) is 0 Å². The topological polar surface area (TPSA) is 100 Å². The number of hydrogen-bond acceptors (Lipinski definition) is 5. The zero-order valence-electron chi connectivity index (χ0n) is 7.40. The third kappa shape index (κ3) is 1.39. The fourth-order valence-corrected chi connectivity index (χ4v) is 1.05. The van der Waals surface area contributed by atoms with E-state index < -0.39 is 0 Å². The first-order valence-electron chi connectivity index (χ1n) is 3.98. The molecule has 0 bridgehead atoms. The molecule has 0 saturated carbocycles. The summed E-state index contributed by atoms with van der Waals surface area (Å²) in [4.78, 5) is 4.81. The lowest BCUT2D eigenvalue weighted by molar-refractivity contribution is -0.00852. The predicted molar refractivity (Wildman–Crippen MR) is 47.5 cm³/mol. The van der Waals surface area contributed by atoms with Crippen LogP contribution in [0, 0.1) is 0 Å². The smallest absolute Gasteiger partial charge is 0.232 e. The van der Waals surface area contributed by atoms with Crippen molar-refractivity contribution in [3.63, 3.8) is 0 Å². The zero-order chi connectivity index (χ0) is 11.0. The van der Waals surface area contributed by atoms with Crippen LogP contribution in [0.2, 0.25) is 0 Å². The SMILES string of the molecule is Oc1ccc(O)n1On1c(O)ccc1O. The van der Waals surface area contributed by atoms with E-state index in [1.165, 1.54) is 24.3 Å². The molecule has 2 aromatic heterocycles. The first-order chi connectivity index (χ1) is 7.09. The monoisotopic (exact) mass is 212 g/mol. The van der Waals surface area contributed by atoms with Gasteiger partial charge in [-0.2, -0.15) is 0 Å². The minimum absolute atomic E-state index is 0.375. The standard InChI is InChI=1S/C8H8N2O5/c11-5-1-2-6(12)9(5)15-10-7(13)3-4-8(10)14/h1-4,11-14H. The van der Waals surface area contributed by atoms with Gasteiger partial charge in [-0.1, -0.05) is 9.46 Å². The predicted octanol–water partition coefficient (Wildman–Crippen LogP) is 0.00390. The summed E-state index contributed by atoms with van der Waals surface area (Å²) in [5.74, 6) is -1.50. The summed E-state index contributed by atoms with van der Waals surface area (Å²) >= 11 is 0. The molecule has 0 saturated heterocycles. The molecule has 4 N–H and O–H groups in total. The summed E-state index contributed by atoms with van der Waals surface area (Å²) in [6.07, 6.45) is 0. The Hall–Kier alpha value is -2.44. The van der Waals surface area contributed by atoms with E-state index in [-0.39, 0.29) is 23.5 Å². The Morgan fingerprint density at radius 1 is 0.667 bits per heavy atom. The molecule has 0 aromatic carbocycles. The Labute approximate surface area is 83.5 Å². The Kier molecular flexibility index (Phi) is 1.86. The van der Waals surface area contributed by atoms with Gasteiger partial charge < -0.3 is 20.4 Å². The highest BCUT2D eigenvalue weighted by Gasteiger charge is 2.12. The first kappa shape index (κ1) is 9.13. The van der Waals surface area contributed by atoms with Crippen LogP contribution >= 0.6 is 0 Å². The van der Waals surface area contributed by atoms with Crippen molar-refractivity contribution in [1.82, 2.24) is 9.46 Å². The average Bonchev–Trinajstić information content (AvgIpc) is 2.67. The lowest BCUT2D eigenvalue weighted by atomic mass is 10.6. The van der Waals surface area contributed by atoms with E-state index in [4.69, 9.17) is 4.94 Å². The van der Waals surface area contributed by atoms with Crippen molar-refractivity contribution in [3.8, 4) is 23.5 Å². The maximum absolute atomic E-state index is 9.21. The van der Waals surface area contributed by atoms with Gasteiger partial charge in [0.05, 0.1) is 0 Å². The van der Waals surface area contributed by atoms with Crippen LogP contribution in [-0.4, -0.2) is 29.9 Å². The van der Waals surface area contributed by atoms with Crippen molar-refractivity contribution in [1.29, 1.82) is 0 Å². The van der Waals surface area contributed by atoms with Crippen LogP contribution in [0.4, 0.5) is 0 Å². The minimum atomic E-state index is -0.375. The summed E-state index contributed by atoms with van der Waals surface area (Å²) in [5.41, 5.74) is 0. The van der Waals surface area contributed by atoms with E-state index in [1.807, 2.05) is 0 Å². The average molecular weight is 212 g/mol. The molecule has 80 valence electrons. The second kappa shape index (κ2) is 3.05. The molecule has 0 unspecified atom stereocenters. The Balaban J connectivity index is 2.37. The molecule has 0 aliphatic carbocycles. The van der Waals surface area contributed by atoms with Crippen LogP contribution in [0.5, 0.6) is 23.5 Å². The van der Waals surface area contributed by atoms with Crippen LogP contribution in [0.3, 0.4) is 0 Å². The van der Waals surface area contributed by atoms with Gasteiger partial charge in [-0.05, 0) is 0 Å². The summed E-state index contributed by atoms with van der Waals surface area (Å²) < 4.78 is 1.25. The molecule has 7 nitrogen and oxygen atoms in total. The number of rotatable bonds is 2. The van der Waals surface area contributed by atoms with Gasteiger partial charge in [0.1, 0.15) is 0 Å². The third-order valence-electron chi connectivity index (χ3n) is 1.76. The van der Waals surface area contributed by atoms with E-state index in [0.717, 1.165) is 0 Å². The van der Waals surface area contributed by atoms with E-state index in [0.29, 0.717) is 9.46 Å². The largest absolute Gasteiger partial charge is 0.492 e. The molecule has 0 fully saturated rings. The van der Waals surface area contributed by atoms with Crippen molar-refractivity contribution >= 4 is 0 Å². The Morgan fingerprint density at radius 3 is 1.20 bits per heavy atom. The highest BCUT2D eigenvalue weighted by molar-refractivity contribution is 5.24. The van der Waals surface area contributed by atoms with Gasteiger partial charge in [0, 0.05) is 24.3 Å². The van der Waals surface area contributed by atoms with Crippen molar-refractivity contribution in [2.24, 2.45) is 0 Å². The molecule has 0 amide bonds. The highest BCUT2D eigenvalue weighted by Crippen LogP contribution is 2.23. The van der Waals surface area contributed by atoms with E-state index in [1.54, 1.807) is 0 Å². The van der Waals surface area contributed by atoms with Crippen LogP contribution in [-0.2, 0) is 0 Å². The number of aromatic nitrogens is 2. The first-order valence-corrected chi connectivity index (χ1v) is 3.98. The maximum atomic E-state index is 9.21. The quantitative estimate of drug-likeness (QED) is 0.561. The molecule has 15 heavy (non-hydrogen) atoms. The normalized spacial score (nSPS) is 10.4. The number of hydrogen-bond donors (Lipinski definition) is 4. The molecule has 2 heterocycles. The fraction of sp³-hybridized carbons (Fsp3) is 0. The fourth-order valence-electron chi connectivity index (χ4n) is 1.05. The van der Waals surface area contributed by atoms with Gasteiger partial charge in [0.15, 0.2) is 0 Å². The van der Waals surface area contributed by atoms with Crippen molar-refractivity contribution in [3.05, 3.63) is 24.3 Å². The molecule has 2 rings (SSSR count). The molecule has 2 aromatic rings. The third-order valence-corrected chi connectivity index (χ3v) is 1.76. The number of aromatic hydroxyl groups is 4. The van der Waals surface area contributed by atoms with Gasteiger partial charge in [-0.25, -0.2) is 0 Å². The zero-order valence-corrected chi connectivity index (χ0v) is 7.40.